The first kappa shape index (κ1) is 24.0. The van der Waals surface area contributed by atoms with Gasteiger partial charge in [0.2, 0.25) is 15.8 Å². The number of sulfonamides is 1. The number of carbonyl (C=O) groups excluding carboxylic acids is 1. The van der Waals surface area contributed by atoms with E-state index in [1.165, 1.54) is 24.3 Å². The lowest BCUT2D eigenvalue weighted by atomic mass is 10.1. The van der Waals surface area contributed by atoms with Crippen molar-refractivity contribution in [2.75, 3.05) is 6.61 Å². The van der Waals surface area contributed by atoms with E-state index in [1.54, 1.807) is 4.72 Å². The van der Waals surface area contributed by atoms with Gasteiger partial charge in [0.15, 0.2) is 34.5 Å². The number of nitrogens with one attached hydrogen (secondary N) is 2. The van der Waals surface area contributed by atoms with Gasteiger partial charge in [-0.05, 0) is 30.5 Å². The molecule has 0 bridgehead atoms. The minimum Gasteiger partial charge on any atom is -0.350 e. The minimum absolute atomic E-state index is 0.159. The van der Waals surface area contributed by atoms with Gasteiger partial charge in [-0.3, -0.25) is 4.79 Å². The van der Waals surface area contributed by atoms with Crippen LogP contribution < -0.4 is 10.2 Å². The Labute approximate surface area is 179 Å². The molecule has 0 aromatic heterocycles. The first-order valence-electron chi connectivity index (χ1n) is 9.29. The third-order valence-electron chi connectivity index (χ3n) is 4.54. The van der Waals surface area contributed by atoms with Crippen LogP contribution in [0.5, 0.6) is 0 Å². The van der Waals surface area contributed by atoms with E-state index < -0.39 is 62.7 Å². The molecular formula is C19H17F5N2O5S. The van der Waals surface area contributed by atoms with Gasteiger partial charge in [0.1, 0.15) is 0 Å². The fourth-order valence-corrected chi connectivity index (χ4v) is 3.98. The Bertz CT molecular complexity index is 1080. The van der Waals surface area contributed by atoms with Gasteiger partial charge in [-0.1, -0.05) is 12.1 Å². The van der Waals surface area contributed by atoms with Gasteiger partial charge in [0.25, 0.3) is 5.91 Å². The van der Waals surface area contributed by atoms with Crippen LogP contribution in [0.15, 0.2) is 29.2 Å². The molecule has 0 saturated carbocycles. The molecule has 1 unspecified atom stereocenters. The Morgan fingerprint density at radius 1 is 0.969 bits per heavy atom. The summed E-state index contributed by atoms with van der Waals surface area (Å²) >= 11 is 0. The van der Waals surface area contributed by atoms with E-state index in [4.69, 9.17) is 9.57 Å². The predicted octanol–water partition coefficient (Wildman–Crippen LogP) is 3.05. The van der Waals surface area contributed by atoms with Gasteiger partial charge < -0.3 is 4.74 Å². The van der Waals surface area contributed by atoms with Gasteiger partial charge in [-0.2, -0.15) is 0 Å². The summed E-state index contributed by atoms with van der Waals surface area (Å²) in [4.78, 5) is 15.2. The largest absolute Gasteiger partial charge is 0.350 e. The second kappa shape index (κ2) is 9.90. The molecule has 0 radical (unpaired) electrons. The molecule has 3 rings (SSSR count). The average Bonchev–Trinajstić information content (AvgIpc) is 2.79. The van der Waals surface area contributed by atoms with Crippen LogP contribution in [-0.2, 0) is 26.1 Å². The van der Waals surface area contributed by atoms with Gasteiger partial charge in [0.05, 0.1) is 0 Å². The van der Waals surface area contributed by atoms with E-state index in [-0.39, 0.29) is 11.1 Å². The SMILES string of the molecule is O=C(NOC1CCCCO1)c1ccc(CNS(=O)(=O)c2c(F)c(F)c(F)c(F)c2F)cc1. The molecule has 174 valence electrons. The molecule has 0 spiro atoms. The Morgan fingerprint density at radius 2 is 1.56 bits per heavy atom. The summed E-state index contributed by atoms with van der Waals surface area (Å²) in [5.41, 5.74) is 2.63. The van der Waals surface area contributed by atoms with Crippen molar-refractivity contribution < 1.29 is 44.7 Å². The number of benzene rings is 2. The van der Waals surface area contributed by atoms with Crippen LogP contribution in [0.25, 0.3) is 0 Å². The number of hydrogen-bond donors (Lipinski definition) is 2. The summed E-state index contributed by atoms with van der Waals surface area (Å²) in [5, 5.41) is 0. The van der Waals surface area contributed by atoms with E-state index in [0.717, 1.165) is 12.8 Å². The first-order valence-corrected chi connectivity index (χ1v) is 10.8. The molecular weight excluding hydrogens is 463 g/mol. The molecule has 1 aliphatic heterocycles. The zero-order chi connectivity index (χ0) is 23.5. The normalized spacial score (nSPS) is 16.7. The molecule has 1 saturated heterocycles. The summed E-state index contributed by atoms with van der Waals surface area (Å²) in [6, 6.07) is 5.30. The highest BCUT2D eigenvalue weighted by atomic mass is 32.2. The zero-order valence-electron chi connectivity index (χ0n) is 16.3. The monoisotopic (exact) mass is 480 g/mol. The highest BCUT2D eigenvalue weighted by Crippen LogP contribution is 2.26. The summed E-state index contributed by atoms with van der Waals surface area (Å²) < 4.78 is 98.5. The molecule has 1 aliphatic rings. The van der Waals surface area contributed by atoms with Crippen LogP contribution in [0, 0.1) is 29.1 Å². The highest BCUT2D eigenvalue weighted by molar-refractivity contribution is 7.89. The molecule has 0 aliphatic carbocycles. The van der Waals surface area contributed by atoms with Crippen molar-refractivity contribution in [1.29, 1.82) is 0 Å². The Hall–Kier alpha value is -2.61. The van der Waals surface area contributed by atoms with Crippen LogP contribution in [-0.4, -0.2) is 27.2 Å². The number of hydroxylamine groups is 1. The average molecular weight is 480 g/mol. The number of hydrogen-bond acceptors (Lipinski definition) is 5. The molecule has 1 heterocycles. The molecule has 2 aromatic carbocycles. The smallest absolute Gasteiger partial charge is 0.274 e. The lowest BCUT2D eigenvalue weighted by Crippen LogP contribution is -2.33. The van der Waals surface area contributed by atoms with Crippen LogP contribution in [0.4, 0.5) is 22.0 Å². The maximum absolute atomic E-state index is 13.8. The number of carbonyl (C=O) groups is 1. The molecule has 1 atom stereocenters. The fraction of sp³-hybridized carbons (Fsp3) is 0.316. The maximum atomic E-state index is 13.8. The van der Waals surface area contributed by atoms with Crippen molar-refractivity contribution in [3.05, 3.63) is 64.5 Å². The van der Waals surface area contributed by atoms with Gasteiger partial charge in [-0.25, -0.2) is 45.4 Å². The first-order chi connectivity index (χ1) is 15.1. The van der Waals surface area contributed by atoms with E-state index in [1.807, 2.05) is 0 Å². The third kappa shape index (κ3) is 5.23. The quantitative estimate of drug-likeness (QED) is 0.275. The van der Waals surface area contributed by atoms with Gasteiger partial charge in [0, 0.05) is 25.1 Å². The zero-order valence-corrected chi connectivity index (χ0v) is 17.1. The second-order valence-electron chi connectivity index (χ2n) is 6.77. The number of ether oxygens (including phenoxy) is 1. The maximum Gasteiger partial charge on any atom is 0.274 e. The Morgan fingerprint density at radius 3 is 2.12 bits per heavy atom. The van der Waals surface area contributed by atoms with Gasteiger partial charge >= 0.3 is 0 Å². The van der Waals surface area contributed by atoms with Crippen molar-refractivity contribution in [2.45, 2.75) is 37.0 Å². The molecule has 2 N–H and O–H groups in total. The van der Waals surface area contributed by atoms with Crippen LogP contribution in [0.3, 0.4) is 0 Å². The lowest BCUT2D eigenvalue weighted by Gasteiger charge is -2.22. The summed E-state index contributed by atoms with van der Waals surface area (Å²) in [6.07, 6.45) is 1.88. The number of amides is 1. The van der Waals surface area contributed by atoms with E-state index in [2.05, 4.69) is 5.48 Å². The molecule has 1 amide bonds. The highest BCUT2D eigenvalue weighted by Gasteiger charge is 2.33. The Kier molecular flexibility index (Phi) is 7.44. The molecule has 2 aromatic rings. The summed E-state index contributed by atoms with van der Waals surface area (Å²) in [6.45, 7) is -0.0215. The van der Waals surface area contributed by atoms with Crippen LogP contribution in [0.2, 0.25) is 0 Å². The predicted molar refractivity (Wildman–Crippen MR) is 98.8 cm³/mol. The Balaban J connectivity index is 1.64. The molecule has 7 nitrogen and oxygen atoms in total. The lowest BCUT2D eigenvalue weighted by molar-refractivity contribution is -0.186. The minimum atomic E-state index is -5.09. The number of rotatable bonds is 7. The standard InChI is InChI=1S/C19H17F5N2O5S/c20-13-14(21)16(23)18(17(24)15(13)22)32(28,29)25-9-10-4-6-11(7-5-10)19(27)26-31-12-3-1-2-8-30-12/h4-7,12,25H,1-3,8-9H2,(H,26,27). The fourth-order valence-electron chi connectivity index (χ4n) is 2.83. The van der Waals surface area contributed by atoms with Crippen molar-refractivity contribution in [1.82, 2.24) is 10.2 Å². The van der Waals surface area contributed by atoms with Crippen LogP contribution >= 0.6 is 0 Å². The van der Waals surface area contributed by atoms with Crippen molar-refractivity contribution in [2.24, 2.45) is 0 Å². The second-order valence-corrected chi connectivity index (χ2v) is 8.47. The third-order valence-corrected chi connectivity index (χ3v) is 5.96. The molecule has 13 heteroatoms. The number of halogens is 5. The molecule has 1 fully saturated rings. The van der Waals surface area contributed by atoms with Gasteiger partial charge in [-0.15, -0.1) is 0 Å². The summed E-state index contributed by atoms with van der Waals surface area (Å²) in [5.74, 6) is -12.7. The van der Waals surface area contributed by atoms with Crippen molar-refractivity contribution in [3.8, 4) is 0 Å². The van der Waals surface area contributed by atoms with E-state index >= 15 is 0 Å². The topological polar surface area (TPSA) is 93.7 Å². The van der Waals surface area contributed by atoms with E-state index in [9.17, 15) is 35.2 Å². The van der Waals surface area contributed by atoms with E-state index in [0.29, 0.717) is 13.0 Å². The van der Waals surface area contributed by atoms with Crippen LogP contribution in [0.1, 0.15) is 35.2 Å². The van der Waals surface area contributed by atoms with Crippen molar-refractivity contribution in [3.63, 3.8) is 0 Å². The molecule has 32 heavy (non-hydrogen) atoms. The van der Waals surface area contributed by atoms with Crippen molar-refractivity contribution >= 4 is 15.9 Å². The summed E-state index contributed by atoms with van der Waals surface area (Å²) in [7, 11) is -5.09.